The van der Waals surface area contributed by atoms with E-state index >= 15 is 0 Å². The summed E-state index contributed by atoms with van der Waals surface area (Å²) in [4.78, 5) is 6.97. The Bertz CT molecular complexity index is 331. The zero-order chi connectivity index (χ0) is 10.8. The highest BCUT2D eigenvalue weighted by Gasteiger charge is 2.24. The van der Waals surface area contributed by atoms with Crippen LogP contribution in [0, 0.1) is 6.92 Å². The summed E-state index contributed by atoms with van der Waals surface area (Å²) in [5.74, 6) is 1.13. The summed E-state index contributed by atoms with van der Waals surface area (Å²) in [6.07, 6.45) is 3.34. The van der Waals surface area contributed by atoms with Gasteiger partial charge >= 0.3 is 0 Å². The first-order valence-corrected chi connectivity index (χ1v) is 5.70. The van der Waals surface area contributed by atoms with Crippen molar-refractivity contribution in [2.45, 2.75) is 32.9 Å². The maximum atomic E-state index is 4.59. The standard InChI is InChI=1S/C11H20N4/c1-4-14-7-9(2)13-11(14)15-6-5-10(8-15)12-3/h7,10,12H,4-6,8H2,1-3H3. The Balaban J connectivity index is 2.15. The molecule has 0 saturated carbocycles. The van der Waals surface area contributed by atoms with Crippen molar-refractivity contribution in [2.24, 2.45) is 0 Å². The Hall–Kier alpha value is -1.03. The van der Waals surface area contributed by atoms with Crippen molar-refractivity contribution < 1.29 is 0 Å². The molecule has 1 N–H and O–H groups in total. The van der Waals surface area contributed by atoms with Crippen LogP contribution in [0.15, 0.2) is 6.20 Å². The smallest absolute Gasteiger partial charge is 0.205 e. The van der Waals surface area contributed by atoms with Gasteiger partial charge in [0.15, 0.2) is 0 Å². The van der Waals surface area contributed by atoms with Crippen LogP contribution in [0.5, 0.6) is 0 Å². The van der Waals surface area contributed by atoms with Gasteiger partial charge < -0.3 is 14.8 Å². The molecule has 0 aliphatic carbocycles. The summed E-state index contributed by atoms with van der Waals surface area (Å²) >= 11 is 0. The van der Waals surface area contributed by atoms with Crippen LogP contribution in [0.2, 0.25) is 0 Å². The molecule has 2 rings (SSSR count). The van der Waals surface area contributed by atoms with Gasteiger partial charge in [-0.3, -0.25) is 0 Å². The van der Waals surface area contributed by atoms with Gasteiger partial charge in [-0.25, -0.2) is 4.98 Å². The Morgan fingerprint density at radius 2 is 2.40 bits per heavy atom. The summed E-state index contributed by atoms with van der Waals surface area (Å²) in [7, 11) is 2.03. The second kappa shape index (κ2) is 4.23. The largest absolute Gasteiger partial charge is 0.341 e. The first-order valence-electron chi connectivity index (χ1n) is 5.70. The molecule has 2 heterocycles. The lowest BCUT2D eigenvalue weighted by atomic mass is 10.3. The number of likely N-dealkylation sites (N-methyl/N-ethyl adjacent to an activating group) is 1. The minimum Gasteiger partial charge on any atom is -0.341 e. The fourth-order valence-electron chi connectivity index (χ4n) is 2.20. The Labute approximate surface area is 91.3 Å². The number of aromatic nitrogens is 2. The maximum absolute atomic E-state index is 4.59. The molecule has 0 bridgehead atoms. The number of hydrogen-bond acceptors (Lipinski definition) is 3. The number of imidazole rings is 1. The van der Waals surface area contributed by atoms with Crippen LogP contribution in [0.3, 0.4) is 0 Å². The highest BCUT2D eigenvalue weighted by Crippen LogP contribution is 2.19. The van der Waals surface area contributed by atoms with Gasteiger partial charge in [0.05, 0.1) is 5.69 Å². The zero-order valence-corrected chi connectivity index (χ0v) is 9.82. The Kier molecular flexibility index (Phi) is 2.95. The van der Waals surface area contributed by atoms with Crippen molar-refractivity contribution >= 4 is 5.95 Å². The lowest BCUT2D eigenvalue weighted by molar-refractivity contribution is 0.614. The monoisotopic (exact) mass is 208 g/mol. The molecule has 1 atom stereocenters. The van der Waals surface area contributed by atoms with Gasteiger partial charge in [-0.1, -0.05) is 0 Å². The molecule has 1 unspecified atom stereocenters. The SMILES string of the molecule is CCn1cc(C)nc1N1CCC(NC)C1. The molecule has 1 aliphatic rings. The summed E-state index contributed by atoms with van der Waals surface area (Å²) in [6, 6.07) is 0.618. The zero-order valence-electron chi connectivity index (χ0n) is 9.82. The fraction of sp³-hybridized carbons (Fsp3) is 0.727. The van der Waals surface area contributed by atoms with Crippen LogP contribution in [0.25, 0.3) is 0 Å². The van der Waals surface area contributed by atoms with Crippen molar-refractivity contribution in [3.05, 3.63) is 11.9 Å². The Morgan fingerprint density at radius 3 is 3.00 bits per heavy atom. The highest BCUT2D eigenvalue weighted by atomic mass is 15.3. The molecule has 0 amide bonds. The van der Waals surface area contributed by atoms with E-state index in [1.54, 1.807) is 0 Å². The third kappa shape index (κ3) is 2.00. The highest BCUT2D eigenvalue weighted by molar-refractivity contribution is 5.35. The van der Waals surface area contributed by atoms with Gasteiger partial charge in [0.1, 0.15) is 0 Å². The topological polar surface area (TPSA) is 33.1 Å². The number of nitrogens with one attached hydrogen (secondary N) is 1. The first kappa shape index (κ1) is 10.5. The Morgan fingerprint density at radius 1 is 1.60 bits per heavy atom. The van der Waals surface area contributed by atoms with Crippen LogP contribution >= 0.6 is 0 Å². The predicted octanol–water partition coefficient (Wildman–Crippen LogP) is 1.01. The van der Waals surface area contributed by atoms with Gasteiger partial charge in [0.25, 0.3) is 0 Å². The molecular formula is C11H20N4. The number of rotatable bonds is 3. The predicted molar refractivity (Wildman–Crippen MR) is 62.3 cm³/mol. The van der Waals surface area contributed by atoms with Crippen molar-refractivity contribution in [2.75, 3.05) is 25.0 Å². The molecule has 1 saturated heterocycles. The molecule has 4 nitrogen and oxygen atoms in total. The van der Waals surface area contributed by atoms with Crippen LogP contribution in [-0.4, -0.2) is 35.7 Å². The normalized spacial score (nSPS) is 21.3. The lowest BCUT2D eigenvalue weighted by Crippen LogP contribution is -2.30. The van der Waals surface area contributed by atoms with E-state index in [1.165, 1.54) is 6.42 Å². The van der Waals surface area contributed by atoms with Crippen LogP contribution in [-0.2, 0) is 6.54 Å². The minimum absolute atomic E-state index is 0.618. The molecule has 84 valence electrons. The third-order valence-corrected chi connectivity index (χ3v) is 3.10. The lowest BCUT2D eigenvalue weighted by Gasteiger charge is -2.18. The first-order chi connectivity index (χ1) is 7.24. The van der Waals surface area contributed by atoms with E-state index in [9.17, 15) is 0 Å². The molecule has 1 fully saturated rings. The summed E-state index contributed by atoms with van der Waals surface area (Å²) in [5.41, 5.74) is 1.11. The van der Waals surface area contributed by atoms with E-state index in [4.69, 9.17) is 0 Å². The van der Waals surface area contributed by atoms with E-state index in [0.717, 1.165) is 31.3 Å². The van der Waals surface area contributed by atoms with E-state index in [1.807, 2.05) is 7.05 Å². The second-order valence-electron chi connectivity index (χ2n) is 4.19. The van der Waals surface area contributed by atoms with Gasteiger partial charge in [0, 0.05) is 31.9 Å². The van der Waals surface area contributed by atoms with E-state index in [0.29, 0.717) is 6.04 Å². The fourth-order valence-corrected chi connectivity index (χ4v) is 2.20. The van der Waals surface area contributed by atoms with Crippen LogP contribution < -0.4 is 10.2 Å². The van der Waals surface area contributed by atoms with Gasteiger partial charge in [0.2, 0.25) is 5.95 Å². The van der Waals surface area contributed by atoms with E-state index in [2.05, 4.69) is 39.8 Å². The summed E-state index contributed by atoms with van der Waals surface area (Å²) in [6.45, 7) is 7.41. The number of aryl methyl sites for hydroxylation is 2. The van der Waals surface area contributed by atoms with Crippen molar-refractivity contribution in [3.63, 3.8) is 0 Å². The number of hydrogen-bond donors (Lipinski definition) is 1. The molecule has 0 radical (unpaired) electrons. The molecule has 1 aromatic rings. The summed E-state index contributed by atoms with van der Waals surface area (Å²) in [5, 5.41) is 3.33. The van der Waals surface area contributed by atoms with Gasteiger partial charge in [-0.2, -0.15) is 0 Å². The summed E-state index contributed by atoms with van der Waals surface area (Å²) < 4.78 is 2.23. The van der Waals surface area contributed by atoms with Gasteiger partial charge in [-0.05, 0) is 27.3 Å². The van der Waals surface area contributed by atoms with Crippen LogP contribution in [0.4, 0.5) is 5.95 Å². The average molecular weight is 208 g/mol. The molecule has 0 spiro atoms. The minimum atomic E-state index is 0.618. The van der Waals surface area contributed by atoms with Crippen molar-refractivity contribution in [1.82, 2.24) is 14.9 Å². The molecular weight excluding hydrogens is 188 g/mol. The number of nitrogens with zero attached hydrogens (tertiary/aromatic N) is 3. The maximum Gasteiger partial charge on any atom is 0.205 e. The molecule has 0 aromatic carbocycles. The molecule has 4 heteroatoms. The van der Waals surface area contributed by atoms with Crippen LogP contribution in [0.1, 0.15) is 19.0 Å². The second-order valence-corrected chi connectivity index (χ2v) is 4.19. The van der Waals surface area contributed by atoms with Crippen molar-refractivity contribution in [1.29, 1.82) is 0 Å². The average Bonchev–Trinajstić information content (AvgIpc) is 2.82. The molecule has 1 aliphatic heterocycles. The molecule has 1 aromatic heterocycles. The molecule has 15 heavy (non-hydrogen) atoms. The van der Waals surface area contributed by atoms with Gasteiger partial charge in [-0.15, -0.1) is 0 Å². The van der Waals surface area contributed by atoms with Crippen molar-refractivity contribution in [3.8, 4) is 0 Å². The quantitative estimate of drug-likeness (QED) is 0.805. The van der Waals surface area contributed by atoms with E-state index in [-0.39, 0.29) is 0 Å². The third-order valence-electron chi connectivity index (χ3n) is 3.10. The number of anilines is 1. The van der Waals surface area contributed by atoms with E-state index < -0.39 is 0 Å².